The highest BCUT2D eigenvalue weighted by Crippen LogP contribution is 2.42. The summed E-state index contributed by atoms with van der Waals surface area (Å²) in [4.78, 5) is 28.4. The van der Waals surface area contributed by atoms with Gasteiger partial charge in [-0.3, -0.25) is 4.98 Å². The topological polar surface area (TPSA) is 74.2 Å². The van der Waals surface area contributed by atoms with Crippen LogP contribution in [0.25, 0.3) is 21.6 Å². The molecule has 150 valence electrons. The third kappa shape index (κ3) is 3.31. The number of aromatic nitrogens is 3. The van der Waals surface area contributed by atoms with Gasteiger partial charge in [-0.25, -0.2) is 9.78 Å². The van der Waals surface area contributed by atoms with E-state index in [2.05, 4.69) is 4.98 Å². The summed E-state index contributed by atoms with van der Waals surface area (Å²) in [6.45, 7) is 2.08. The molecule has 3 heterocycles. The first-order valence-corrected chi connectivity index (χ1v) is 10.7. The predicted octanol–water partition coefficient (Wildman–Crippen LogP) is 5.21. The summed E-state index contributed by atoms with van der Waals surface area (Å²) < 4.78 is 11.5. The molecule has 1 aliphatic carbocycles. The smallest absolute Gasteiger partial charge is 0.341 e. The van der Waals surface area contributed by atoms with E-state index in [1.165, 1.54) is 10.4 Å². The van der Waals surface area contributed by atoms with Gasteiger partial charge in [0.15, 0.2) is 5.82 Å². The Morgan fingerprint density at radius 3 is 2.87 bits per heavy atom. The first-order valence-electron chi connectivity index (χ1n) is 9.91. The van der Waals surface area contributed by atoms with Gasteiger partial charge in [-0.2, -0.15) is 4.98 Å². The number of carbonyl (C=O) groups is 1. The summed E-state index contributed by atoms with van der Waals surface area (Å²) in [6.07, 6.45) is 6.62. The Hall–Kier alpha value is -3.32. The van der Waals surface area contributed by atoms with Crippen LogP contribution < -0.4 is 4.74 Å². The molecule has 0 atom stereocenters. The van der Waals surface area contributed by atoms with Crippen molar-refractivity contribution in [2.75, 3.05) is 6.61 Å². The fraction of sp³-hybridized carbons (Fsp3) is 0.217. The zero-order valence-electron chi connectivity index (χ0n) is 16.4. The molecule has 0 radical (unpaired) electrons. The van der Waals surface area contributed by atoms with E-state index in [9.17, 15) is 4.79 Å². The summed E-state index contributed by atoms with van der Waals surface area (Å²) in [5.41, 5.74) is 2.45. The second-order valence-corrected chi connectivity index (χ2v) is 8.03. The monoisotopic (exact) mass is 417 g/mol. The number of fused-ring (bicyclic) bond motifs is 3. The van der Waals surface area contributed by atoms with Crippen LogP contribution in [0.5, 0.6) is 11.6 Å². The van der Waals surface area contributed by atoms with Crippen molar-refractivity contribution in [3.8, 4) is 23.0 Å². The number of nitrogens with zero attached hydrogens (tertiary/aromatic N) is 3. The summed E-state index contributed by atoms with van der Waals surface area (Å²) in [6, 6.07) is 10.9. The first-order chi connectivity index (χ1) is 14.7. The molecule has 0 fully saturated rings. The molecule has 0 bridgehead atoms. The van der Waals surface area contributed by atoms with Gasteiger partial charge in [0.1, 0.15) is 16.1 Å². The predicted molar refractivity (Wildman–Crippen MR) is 115 cm³/mol. The lowest BCUT2D eigenvalue weighted by Crippen LogP contribution is -2.07. The average molecular weight is 417 g/mol. The van der Waals surface area contributed by atoms with Crippen LogP contribution in [0.1, 0.15) is 34.1 Å². The van der Waals surface area contributed by atoms with Crippen molar-refractivity contribution < 1.29 is 14.3 Å². The Morgan fingerprint density at radius 1 is 1.13 bits per heavy atom. The minimum Gasteiger partial charge on any atom is -0.462 e. The number of ether oxygens (including phenoxy) is 2. The number of rotatable bonds is 5. The number of para-hydroxylation sites is 1. The summed E-state index contributed by atoms with van der Waals surface area (Å²) in [5.74, 6) is 1.03. The van der Waals surface area contributed by atoms with Crippen LogP contribution in [-0.2, 0) is 17.6 Å². The Labute approximate surface area is 177 Å². The van der Waals surface area contributed by atoms with Gasteiger partial charge in [0.25, 0.3) is 0 Å². The molecular weight excluding hydrogens is 398 g/mol. The van der Waals surface area contributed by atoms with E-state index in [1.807, 2.05) is 18.2 Å². The van der Waals surface area contributed by atoms with Crippen LogP contribution in [-0.4, -0.2) is 27.5 Å². The second kappa shape index (κ2) is 7.84. The summed E-state index contributed by atoms with van der Waals surface area (Å²) in [7, 11) is 0. The van der Waals surface area contributed by atoms with Gasteiger partial charge in [-0.15, -0.1) is 11.3 Å². The summed E-state index contributed by atoms with van der Waals surface area (Å²) in [5, 5.41) is 0.943. The van der Waals surface area contributed by atoms with Gasteiger partial charge in [-0.05, 0) is 56.0 Å². The minimum atomic E-state index is -0.415. The number of pyridine rings is 1. The van der Waals surface area contributed by atoms with E-state index in [1.54, 1.807) is 48.9 Å². The minimum absolute atomic E-state index is 0.300. The number of esters is 1. The van der Waals surface area contributed by atoms with Crippen LogP contribution in [0, 0.1) is 0 Å². The van der Waals surface area contributed by atoms with Gasteiger partial charge in [-0.1, -0.05) is 12.1 Å². The maximum absolute atomic E-state index is 12.4. The molecule has 4 aromatic rings. The highest BCUT2D eigenvalue weighted by atomic mass is 32.1. The highest BCUT2D eigenvalue weighted by Gasteiger charge is 2.25. The first kappa shape index (κ1) is 18.7. The lowest BCUT2D eigenvalue weighted by molar-refractivity contribution is 0.0523. The fourth-order valence-electron chi connectivity index (χ4n) is 3.70. The Kier molecular flexibility index (Phi) is 4.88. The van der Waals surface area contributed by atoms with E-state index in [-0.39, 0.29) is 0 Å². The molecule has 5 rings (SSSR count). The molecule has 0 aliphatic heterocycles. The van der Waals surface area contributed by atoms with E-state index in [0.29, 0.717) is 29.6 Å². The SMILES string of the molecule is CCOC(=O)c1ccccc1Oc1nc(-c2cccnc2)nc2sc3c(c12)CCC3. The average Bonchev–Trinajstić information content (AvgIpc) is 3.36. The zero-order valence-corrected chi connectivity index (χ0v) is 17.2. The lowest BCUT2D eigenvalue weighted by atomic mass is 10.2. The molecule has 0 saturated heterocycles. The molecule has 0 saturated carbocycles. The molecule has 3 aromatic heterocycles. The van der Waals surface area contributed by atoms with Crippen molar-refractivity contribution in [2.24, 2.45) is 0 Å². The van der Waals surface area contributed by atoms with Gasteiger partial charge in [0.2, 0.25) is 5.88 Å². The number of benzene rings is 1. The van der Waals surface area contributed by atoms with E-state index < -0.39 is 5.97 Å². The van der Waals surface area contributed by atoms with E-state index in [0.717, 1.165) is 35.0 Å². The van der Waals surface area contributed by atoms with Crippen molar-refractivity contribution in [2.45, 2.75) is 26.2 Å². The van der Waals surface area contributed by atoms with Crippen LogP contribution in [0.2, 0.25) is 0 Å². The van der Waals surface area contributed by atoms with Crippen molar-refractivity contribution >= 4 is 27.5 Å². The quantitative estimate of drug-likeness (QED) is 0.415. The standard InChI is InChI=1S/C23H19N3O3S/c1-2-28-23(27)15-8-3-4-10-17(15)29-21-19-16-9-5-11-18(16)30-22(19)26-20(25-21)14-7-6-12-24-13-14/h3-4,6-8,10,12-13H,2,5,9,11H2,1H3. The fourth-order valence-corrected chi connectivity index (χ4v) is 4.95. The number of carbonyl (C=O) groups excluding carboxylic acids is 1. The van der Waals surface area contributed by atoms with Crippen LogP contribution in [0.4, 0.5) is 0 Å². The third-order valence-electron chi connectivity index (χ3n) is 5.04. The summed E-state index contributed by atoms with van der Waals surface area (Å²) >= 11 is 1.70. The van der Waals surface area contributed by atoms with Gasteiger partial charge in [0.05, 0.1) is 12.0 Å². The van der Waals surface area contributed by atoms with Crippen LogP contribution in [0.15, 0.2) is 48.8 Å². The number of hydrogen-bond donors (Lipinski definition) is 0. The molecule has 0 spiro atoms. The van der Waals surface area contributed by atoms with Gasteiger partial charge >= 0.3 is 5.97 Å². The molecular formula is C23H19N3O3S. The van der Waals surface area contributed by atoms with Crippen LogP contribution in [0.3, 0.4) is 0 Å². The maximum Gasteiger partial charge on any atom is 0.341 e. The van der Waals surface area contributed by atoms with Crippen molar-refractivity contribution in [3.05, 3.63) is 64.8 Å². The van der Waals surface area contributed by atoms with Gasteiger partial charge in [0, 0.05) is 22.8 Å². The van der Waals surface area contributed by atoms with Crippen molar-refractivity contribution in [3.63, 3.8) is 0 Å². The Morgan fingerprint density at radius 2 is 2.03 bits per heavy atom. The number of thiophene rings is 1. The number of aryl methyl sites for hydroxylation is 2. The third-order valence-corrected chi connectivity index (χ3v) is 6.23. The molecule has 6 nitrogen and oxygen atoms in total. The number of hydrogen-bond acceptors (Lipinski definition) is 7. The largest absolute Gasteiger partial charge is 0.462 e. The molecule has 0 unspecified atom stereocenters. The molecule has 7 heteroatoms. The second-order valence-electron chi connectivity index (χ2n) is 6.95. The maximum atomic E-state index is 12.4. The molecule has 0 N–H and O–H groups in total. The lowest BCUT2D eigenvalue weighted by Gasteiger charge is -2.12. The van der Waals surface area contributed by atoms with E-state index in [4.69, 9.17) is 19.4 Å². The highest BCUT2D eigenvalue weighted by molar-refractivity contribution is 7.19. The normalized spacial score (nSPS) is 12.7. The van der Waals surface area contributed by atoms with E-state index >= 15 is 0 Å². The molecule has 30 heavy (non-hydrogen) atoms. The van der Waals surface area contributed by atoms with Crippen molar-refractivity contribution in [1.82, 2.24) is 15.0 Å². The van der Waals surface area contributed by atoms with Crippen LogP contribution >= 0.6 is 11.3 Å². The van der Waals surface area contributed by atoms with Gasteiger partial charge < -0.3 is 9.47 Å². The molecule has 0 amide bonds. The molecule has 1 aliphatic rings. The zero-order chi connectivity index (χ0) is 20.5. The molecule has 1 aromatic carbocycles. The van der Waals surface area contributed by atoms with Crippen molar-refractivity contribution in [1.29, 1.82) is 0 Å². The Bertz CT molecular complexity index is 1240. The Balaban J connectivity index is 1.66.